The van der Waals surface area contributed by atoms with Gasteiger partial charge in [0.25, 0.3) is 0 Å². The molecule has 29 heavy (non-hydrogen) atoms. The highest BCUT2D eigenvalue weighted by molar-refractivity contribution is 6.33. The van der Waals surface area contributed by atoms with Gasteiger partial charge in [0.2, 0.25) is 6.41 Å². The van der Waals surface area contributed by atoms with Crippen LogP contribution in [0, 0.1) is 5.92 Å². The Morgan fingerprint density at radius 3 is 2.86 bits per heavy atom. The van der Waals surface area contributed by atoms with Crippen LogP contribution in [0.1, 0.15) is 43.7 Å². The highest BCUT2D eigenvalue weighted by Crippen LogP contribution is 2.44. The number of hydrogen-bond donors (Lipinski definition) is 3. The molecule has 0 spiro atoms. The number of hydrogen-bond acceptors (Lipinski definition) is 3. The summed E-state index contributed by atoms with van der Waals surface area (Å²) in [6.45, 7) is 4.45. The van der Waals surface area contributed by atoms with E-state index in [1.54, 1.807) is 0 Å². The van der Waals surface area contributed by atoms with Gasteiger partial charge in [-0.1, -0.05) is 54.9 Å². The van der Waals surface area contributed by atoms with Gasteiger partial charge in [-0.3, -0.25) is 4.79 Å². The number of rotatable bonds is 9. The van der Waals surface area contributed by atoms with Gasteiger partial charge in [0, 0.05) is 29.6 Å². The number of carbonyl (C=O) groups is 1. The Morgan fingerprint density at radius 1 is 1.31 bits per heavy atom. The van der Waals surface area contributed by atoms with E-state index in [1.807, 2.05) is 18.2 Å². The topological polar surface area (TPSA) is 61.4 Å². The third kappa shape index (κ3) is 5.00. The number of piperidine rings is 1. The van der Waals surface area contributed by atoms with Crippen molar-refractivity contribution in [3.63, 3.8) is 0 Å². The van der Waals surface area contributed by atoms with E-state index in [9.17, 15) is 9.90 Å². The second-order valence-electron chi connectivity index (χ2n) is 7.86. The van der Waals surface area contributed by atoms with E-state index in [0.29, 0.717) is 30.8 Å². The predicted octanol–water partition coefficient (Wildman–Crippen LogP) is 4.28. The first-order valence-electron chi connectivity index (χ1n) is 10.6. The molecule has 5 heteroatoms. The molecule has 0 aromatic heterocycles. The lowest BCUT2D eigenvalue weighted by Gasteiger charge is -2.40. The molecule has 0 bridgehead atoms. The maximum absolute atomic E-state index is 12.1. The minimum Gasteiger partial charge on any atom is -0.385 e. The van der Waals surface area contributed by atoms with Crippen LogP contribution in [0.15, 0.2) is 42.5 Å². The van der Waals surface area contributed by atoms with E-state index in [0.717, 1.165) is 49.0 Å². The first-order valence-corrected chi connectivity index (χ1v) is 11.0. The summed E-state index contributed by atoms with van der Waals surface area (Å²) in [5.41, 5.74) is 3.07. The van der Waals surface area contributed by atoms with Crippen LogP contribution in [-0.4, -0.2) is 31.2 Å². The van der Waals surface area contributed by atoms with Gasteiger partial charge < -0.3 is 15.7 Å². The summed E-state index contributed by atoms with van der Waals surface area (Å²) in [6, 6.07) is 14.2. The summed E-state index contributed by atoms with van der Waals surface area (Å²) in [7, 11) is 0. The normalized spacial score (nSPS) is 18.8. The summed E-state index contributed by atoms with van der Waals surface area (Å²) < 4.78 is 0. The predicted molar refractivity (Wildman–Crippen MR) is 119 cm³/mol. The van der Waals surface area contributed by atoms with E-state index in [1.165, 1.54) is 5.56 Å². The molecule has 1 amide bonds. The zero-order valence-corrected chi connectivity index (χ0v) is 17.8. The number of aryl methyl sites for hydroxylation is 1. The fraction of sp³-hybridized carbons (Fsp3) is 0.458. The third-order valence-electron chi connectivity index (χ3n) is 6.04. The molecule has 1 saturated heterocycles. The minimum atomic E-state index is -1.01. The van der Waals surface area contributed by atoms with Gasteiger partial charge in [-0.15, -0.1) is 0 Å². The average Bonchev–Trinajstić information content (AvgIpc) is 2.77. The molecule has 3 N–H and O–H groups in total. The molecule has 1 aliphatic rings. The van der Waals surface area contributed by atoms with Crippen molar-refractivity contribution in [2.75, 3.05) is 19.6 Å². The molecule has 1 heterocycles. The maximum atomic E-state index is 12.1. The standard InChI is InChI=1S/C24H31ClN2O2/c1-2-18-7-3-8-19(15-18)23-21(10-4-11-22(23)25)24(29,12-6-14-27-17-28)20-9-5-13-26-16-20/h3-4,7-8,10-11,15,17,20,26,29H,2,5-6,9,12-14,16H2,1H3,(H,27,28)/t20-,24+/m1/s1. The Bertz CT molecular complexity index is 820. The summed E-state index contributed by atoms with van der Waals surface area (Å²) >= 11 is 6.70. The molecule has 3 rings (SSSR count). The molecule has 4 nitrogen and oxygen atoms in total. The molecule has 2 aromatic rings. The Hall–Kier alpha value is -1.88. The van der Waals surface area contributed by atoms with Gasteiger partial charge in [0.15, 0.2) is 0 Å². The Kier molecular flexibility index (Phi) is 7.70. The Labute approximate surface area is 178 Å². The van der Waals surface area contributed by atoms with Gasteiger partial charge in [-0.05, 0) is 61.4 Å². The molecule has 0 saturated carbocycles. The Morgan fingerprint density at radius 2 is 2.14 bits per heavy atom. The van der Waals surface area contributed by atoms with Crippen molar-refractivity contribution in [1.82, 2.24) is 10.6 Å². The van der Waals surface area contributed by atoms with E-state index in [2.05, 4.69) is 41.8 Å². The molecule has 2 atom stereocenters. The molecular formula is C24H31ClN2O2. The molecule has 1 fully saturated rings. The van der Waals surface area contributed by atoms with Crippen molar-refractivity contribution in [3.05, 3.63) is 58.6 Å². The zero-order valence-electron chi connectivity index (χ0n) is 17.1. The van der Waals surface area contributed by atoms with Gasteiger partial charge in [0.05, 0.1) is 5.60 Å². The SMILES string of the molecule is CCc1cccc(-c2c(Cl)cccc2[C@](O)(CCCNC=O)[C@@H]2CCCNC2)c1. The van der Waals surface area contributed by atoms with Crippen molar-refractivity contribution in [1.29, 1.82) is 0 Å². The molecule has 0 aliphatic carbocycles. The molecule has 1 aliphatic heterocycles. The van der Waals surface area contributed by atoms with Crippen LogP contribution < -0.4 is 10.6 Å². The van der Waals surface area contributed by atoms with Crippen LogP contribution >= 0.6 is 11.6 Å². The monoisotopic (exact) mass is 414 g/mol. The highest BCUT2D eigenvalue weighted by atomic mass is 35.5. The summed E-state index contributed by atoms with van der Waals surface area (Å²) in [4.78, 5) is 10.6. The van der Waals surface area contributed by atoms with Crippen LogP contribution in [0.2, 0.25) is 5.02 Å². The van der Waals surface area contributed by atoms with Crippen LogP contribution in [0.4, 0.5) is 0 Å². The summed E-state index contributed by atoms with van der Waals surface area (Å²) in [6.07, 6.45) is 4.93. The van der Waals surface area contributed by atoms with E-state index in [-0.39, 0.29) is 5.92 Å². The third-order valence-corrected chi connectivity index (χ3v) is 6.35. The fourth-order valence-corrected chi connectivity index (χ4v) is 4.75. The number of nitrogens with one attached hydrogen (secondary N) is 2. The van der Waals surface area contributed by atoms with Crippen LogP contribution in [-0.2, 0) is 16.8 Å². The number of halogens is 1. The van der Waals surface area contributed by atoms with Gasteiger partial charge >= 0.3 is 0 Å². The smallest absolute Gasteiger partial charge is 0.207 e. The number of benzene rings is 2. The average molecular weight is 415 g/mol. The van der Waals surface area contributed by atoms with E-state index < -0.39 is 5.60 Å². The van der Waals surface area contributed by atoms with Crippen molar-refractivity contribution >= 4 is 18.0 Å². The lowest BCUT2D eigenvalue weighted by atomic mass is 9.72. The lowest BCUT2D eigenvalue weighted by Crippen LogP contribution is -2.45. The van der Waals surface area contributed by atoms with Crippen LogP contribution in [0.25, 0.3) is 11.1 Å². The second-order valence-corrected chi connectivity index (χ2v) is 8.27. The van der Waals surface area contributed by atoms with Gasteiger partial charge in [-0.2, -0.15) is 0 Å². The largest absolute Gasteiger partial charge is 0.385 e. The number of carbonyl (C=O) groups excluding carboxylic acids is 1. The fourth-order valence-electron chi connectivity index (χ4n) is 4.46. The van der Waals surface area contributed by atoms with Crippen molar-refractivity contribution < 1.29 is 9.90 Å². The summed E-state index contributed by atoms with van der Waals surface area (Å²) in [5.74, 6) is 0.0963. The van der Waals surface area contributed by atoms with Crippen molar-refractivity contribution in [2.24, 2.45) is 5.92 Å². The molecule has 156 valence electrons. The number of amides is 1. The van der Waals surface area contributed by atoms with Gasteiger partial charge in [-0.25, -0.2) is 0 Å². The highest BCUT2D eigenvalue weighted by Gasteiger charge is 2.40. The zero-order chi connectivity index (χ0) is 20.7. The van der Waals surface area contributed by atoms with Crippen LogP contribution in [0.5, 0.6) is 0 Å². The van der Waals surface area contributed by atoms with E-state index >= 15 is 0 Å². The Balaban J connectivity index is 2.07. The van der Waals surface area contributed by atoms with Crippen molar-refractivity contribution in [3.8, 4) is 11.1 Å². The maximum Gasteiger partial charge on any atom is 0.207 e. The first-order chi connectivity index (χ1) is 14.1. The molecule has 2 aromatic carbocycles. The number of aliphatic hydroxyl groups is 1. The van der Waals surface area contributed by atoms with E-state index in [4.69, 9.17) is 11.6 Å². The minimum absolute atomic E-state index is 0.0963. The summed E-state index contributed by atoms with van der Waals surface area (Å²) in [5, 5.41) is 18.9. The lowest BCUT2D eigenvalue weighted by molar-refractivity contribution is -0.109. The van der Waals surface area contributed by atoms with Gasteiger partial charge in [0.1, 0.15) is 0 Å². The quantitative estimate of drug-likeness (QED) is 0.424. The second kappa shape index (κ2) is 10.2. The van der Waals surface area contributed by atoms with Crippen LogP contribution in [0.3, 0.4) is 0 Å². The van der Waals surface area contributed by atoms with Crippen molar-refractivity contribution in [2.45, 2.75) is 44.6 Å². The first kappa shape index (κ1) is 21.8. The molecule has 0 radical (unpaired) electrons. The molecule has 0 unspecified atom stereocenters. The molecular weight excluding hydrogens is 384 g/mol.